The summed E-state index contributed by atoms with van der Waals surface area (Å²) < 4.78 is 1.06. The second kappa shape index (κ2) is 5.44. The Morgan fingerprint density at radius 2 is 1.94 bits per heavy atom. The van der Waals surface area contributed by atoms with Gasteiger partial charge in [-0.1, -0.05) is 17.7 Å². The predicted octanol–water partition coefficient (Wildman–Crippen LogP) is 3.55. The van der Waals surface area contributed by atoms with Gasteiger partial charge in [0.05, 0.1) is 3.57 Å². The highest BCUT2D eigenvalue weighted by Gasteiger charge is 2.11. The molecular formula is C13H14IN3. The summed E-state index contributed by atoms with van der Waals surface area (Å²) in [4.78, 5) is 10.6. The Morgan fingerprint density at radius 1 is 1.24 bits per heavy atom. The maximum atomic E-state index is 4.36. The molecule has 0 aliphatic rings. The van der Waals surface area contributed by atoms with E-state index in [0.717, 1.165) is 21.6 Å². The Kier molecular flexibility index (Phi) is 3.93. The first-order valence-electron chi connectivity index (χ1n) is 5.52. The number of halogens is 1. The van der Waals surface area contributed by atoms with Gasteiger partial charge in [0.2, 0.25) is 0 Å². The molecule has 0 bridgehead atoms. The Balaban J connectivity index is 2.40. The van der Waals surface area contributed by atoms with Gasteiger partial charge in [0, 0.05) is 18.4 Å². The van der Waals surface area contributed by atoms with E-state index in [1.165, 1.54) is 5.56 Å². The van der Waals surface area contributed by atoms with Crippen LogP contribution in [0.2, 0.25) is 0 Å². The number of nitrogens with zero attached hydrogens (tertiary/aromatic N) is 3. The number of benzene rings is 1. The minimum Gasteiger partial charge on any atom is -0.326 e. The van der Waals surface area contributed by atoms with Crippen molar-refractivity contribution in [3.8, 4) is 0 Å². The Labute approximate surface area is 115 Å². The molecule has 2 rings (SSSR count). The van der Waals surface area contributed by atoms with Crippen LogP contribution in [0.4, 0.5) is 11.5 Å². The summed E-state index contributed by atoms with van der Waals surface area (Å²) in [5.74, 6) is 0.965. The maximum Gasteiger partial charge on any atom is 0.149 e. The van der Waals surface area contributed by atoms with Crippen molar-refractivity contribution in [3.63, 3.8) is 0 Å². The van der Waals surface area contributed by atoms with E-state index in [-0.39, 0.29) is 0 Å². The third-order valence-electron chi connectivity index (χ3n) is 2.57. The molecule has 0 N–H and O–H groups in total. The van der Waals surface area contributed by atoms with Gasteiger partial charge in [0.25, 0.3) is 0 Å². The third kappa shape index (κ3) is 2.74. The zero-order valence-corrected chi connectivity index (χ0v) is 12.0. The van der Waals surface area contributed by atoms with Crippen molar-refractivity contribution >= 4 is 34.1 Å². The molecule has 3 nitrogen and oxygen atoms in total. The van der Waals surface area contributed by atoms with Gasteiger partial charge < -0.3 is 4.90 Å². The molecule has 0 saturated heterocycles. The van der Waals surface area contributed by atoms with Crippen molar-refractivity contribution in [2.45, 2.75) is 13.8 Å². The molecule has 0 radical (unpaired) electrons. The van der Waals surface area contributed by atoms with Crippen LogP contribution in [0.1, 0.15) is 12.5 Å². The molecule has 2 aromatic rings. The second-order valence-corrected chi connectivity index (χ2v) is 4.94. The molecule has 0 fully saturated rings. The lowest BCUT2D eigenvalue weighted by Crippen LogP contribution is -2.18. The lowest BCUT2D eigenvalue weighted by Gasteiger charge is -2.22. The van der Waals surface area contributed by atoms with Crippen LogP contribution in [0, 0.1) is 10.5 Å². The lowest BCUT2D eigenvalue weighted by molar-refractivity contribution is 0.968. The standard InChI is InChI=1S/C13H14IN3/c1-3-17(11-6-4-10(2)5-7-11)13-12(14)8-15-9-16-13/h4-9H,3H2,1-2H3. The van der Waals surface area contributed by atoms with Crippen molar-refractivity contribution < 1.29 is 0 Å². The molecule has 17 heavy (non-hydrogen) atoms. The molecule has 0 spiro atoms. The fourth-order valence-electron chi connectivity index (χ4n) is 1.68. The van der Waals surface area contributed by atoms with Gasteiger partial charge >= 0.3 is 0 Å². The van der Waals surface area contributed by atoms with E-state index in [0.29, 0.717) is 0 Å². The first kappa shape index (κ1) is 12.3. The molecule has 0 atom stereocenters. The van der Waals surface area contributed by atoms with Gasteiger partial charge in [-0.25, -0.2) is 9.97 Å². The molecule has 0 saturated carbocycles. The van der Waals surface area contributed by atoms with Gasteiger partial charge in [-0.3, -0.25) is 0 Å². The highest BCUT2D eigenvalue weighted by molar-refractivity contribution is 14.1. The summed E-state index contributed by atoms with van der Waals surface area (Å²) in [5.41, 5.74) is 2.43. The summed E-state index contributed by atoms with van der Waals surface area (Å²) in [6.45, 7) is 5.10. The van der Waals surface area contributed by atoms with E-state index in [9.17, 15) is 0 Å². The Bertz CT molecular complexity index is 496. The molecule has 1 aromatic carbocycles. The largest absolute Gasteiger partial charge is 0.326 e. The zero-order chi connectivity index (χ0) is 12.3. The van der Waals surface area contributed by atoms with Crippen molar-refractivity contribution in [2.24, 2.45) is 0 Å². The van der Waals surface area contributed by atoms with Crippen molar-refractivity contribution in [3.05, 3.63) is 45.9 Å². The van der Waals surface area contributed by atoms with Crippen LogP contribution in [0.5, 0.6) is 0 Å². The topological polar surface area (TPSA) is 29.0 Å². The number of aryl methyl sites for hydroxylation is 1. The van der Waals surface area contributed by atoms with E-state index in [2.05, 4.69) is 75.6 Å². The highest BCUT2D eigenvalue weighted by Crippen LogP contribution is 2.26. The highest BCUT2D eigenvalue weighted by atomic mass is 127. The third-order valence-corrected chi connectivity index (χ3v) is 3.33. The van der Waals surface area contributed by atoms with Crippen molar-refractivity contribution in [2.75, 3.05) is 11.4 Å². The molecule has 4 heteroatoms. The van der Waals surface area contributed by atoms with Crippen molar-refractivity contribution in [1.29, 1.82) is 0 Å². The molecule has 0 aliphatic carbocycles. The minimum atomic E-state index is 0.885. The zero-order valence-electron chi connectivity index (χ0n) is 9.89. The molecule has 0 unspecified atom stereocenters. The first-order valence-corrected chi connectivity index (χ1v) is 6.60. The van der Waals surface area contributed by atoms with E-state index in [1.54, 1.807) is 6.33 Å². The van der Waals surface area contributed by atoms with Crippen molar-refractivity contribution in [1.82, 2.24) is 9.97 Å². The molecule has 1 aromatic heterocycles. The molecule has 0 amide bonds. The minimum absolute atomic E-state index is 0.885. The first-order chi connectivity index (χ1) is 8.22. The van der Waals surface area contributed by atoms with Crippen LogP contribution in [-0.2, 0) is 0 Å². The van der Waals surface area contributed by atoms with Gasteiger partial charge in [-0.05, 0) is 48.6 Å². The number of rotatable bonds is 3. The fraction of sp³-hybridized carbons (Fsp3) is 0.231. The number of hydrogen-bond acceptors (Lipinski definition) is 3. The summed E-state index contributed by atoms with van der Waals surface area (Å²) in [6.07, 6.45) is 3.42. The quantitative estimate of drug-likeness (QED) is 0.801. The smallest absolute Gasteiger partial charge is 0.149 e. The van der Waals surface area contributed by atoms with E-state index >= 15 is 0 Å². The average Bonchev–Trinajstić information content (AvgIpc) is 2.35. The predicted molar refractivity (Wildman–Crippen MR) is 78.6 cm³/mol. The van der Waals surface area contributed by atoms with Gasteiger partial charge in [-0.2, -0.15) is 0 Å². The number of aromatic nitrogens is 2. The van der Waals surface area contributed by atoms with Crippen LogP contribution < -0.4 is 4.90 Å². The summed E-state index contributed by atoms with van der Waals surface area (Å²) in [7, 11) is 0. The fourth-order valence-corrected chi connectivity index (χ4v) is 2.28. The van der Waals surface area contributed by atoms with Crippen LogP contribution in [0.25, 0.3) is 0 Å². The van der Waals surface area contributed by atoms with E-state index < -0.39 is 0 Å². The van der Waals surface area contributed by atoms with E-state index in [4.69, 9.17) is 0 Å². The molecule has 88 valence electrons. The van der Waals surface area contributed by atoms with Crippen LogP contribution >= 0.6 is 22.6 Å². The molecule has 1 heterocycles. The van der Waals surface area contributed by atoms with Crippen LogP contribution in [0.3, 0.4) is 0 Å². The van der Waals surface area contributed by atoms with Crippen LogP contribution in [-0.4, -0.2) is 16.5 Å². The molecule has 0 aliphatic heterocycles. The summed E-state index contributed by atoms with van der Waals surface area (Å²) in [6, 6.07) is 8.48. The number of anilines is 2. The van der Waals surface area contributed by atoms with Gasteiger partial charge in [-0.15, -0.1) is 0 Å². The monoisotopic (exact) mass is 339 g/mol. The SMILES string of the molecule is CCN(c1ccc(C)cc1)c1ncncc1I. The summed E-state index contributed by atoms with van der Waals surface area (Å²) in [5, 5.41) is 0. The normalized spacial score (nSPS) is 10.3. The molecular weight excluding hydrogens is 325 g/mol. The Hall–Kier alpha value is -1.17. The lowest BCUT2D eigenvalue weighted by atomic mass is 10.2. The number of hydrogen-bond donors (Lipinski definition) is 0. The summed E-state index contributed by atoms with van der Waals surface area (Å²) >= 11 is 2.27. The van der Waals surface area contributed by atoms with Crippen LogP contribution in [0.15, 0.2) is 36.8 Å². The van der Waals surface area contributed by atoms with E-state index in [1.807, 2.05) is 6.20 Å². The Morgan fingerprint density at radius 3 is 2.53 bits per heavy atom. The second-order valence-electron chi connectivity index (χ2n) is 3.77. The van der Waals surface area contributed by atoms with Gasteiger partial charge in [0.15, 0.2) is 0 Å². The van der Waals surface area contributed by atoms with Gasteiger partial charge in [0.1, 0.15) is 12.1 Å². The maximum absolute atomic E-state index is 4.36. The average molecular weight is 339 g/mol.